The zero-order chi connectivity index (χ0) is 27.7. The molecule has 1 amide bonds. The third-order valence-electron chi connectivity index (χ3n) is 4.58. The number of aromatic nitrogens is 1. The van der Waals surface area contributed by atoms with Crippen LogP contribution in [-0.4, -0.2) is 54.7 Å². The molecule has 0 aliphatic rings. The van der Waals surface area contributed by atoms with Gasteiger partial charge in [-0.25, -0.2) is 9.59 Å². The molecule has 0 spiro atoms. The highest BCUT2D eigenvalue weighted by Crippen LogP contribution is 2.28. The van der Waals surface area contributed by atoms with E-state index in [4.69, 9.17) is 0 Å². The van der Waals surface area contributed by atoms with Gasteiger partial charge in [-0.15, -0.1) is 0 Å². The van der Waals surface area contributed by atoms with E-state index >= 15 is 0 Å². The minimum atomic E-state index is -0.602. The van der Waals surface area contributed by atoms with Gasteiger partial charge in [0.15, 0.2) is 0 Å². The molecule has 196 valence electrons. The lowest BCUT2D eigenvalue weighted by molar-refractivity contribution is -0.145. The van der Waals surface area contributed by atoms with Crippen molar-refractivity contribution in [3.05, 3.63) is 66.8 Å². The first-order valence-electron chi connectivity index (χ1n) is 10.5. The number of anilines is 1. The van der Waals surface area contributed by atoms with Crippen molar-refractivity contribution in [2.75, 3.05) is 26.1 Å². The first kappa shape index (κ1) is 29.5. The second kappa shape index (κ2) is 13.6. The zero-order valence-corrected chi connectivity index (χ0v) is 23.0. The molecule has 3 rings (SSSR count). The Hall–Kier alpha value is -3.71. The average Bonchev–Trinajstić information content (AvgIpc) is 2.84. The number of carbonyl (C=O) groups excluding carboxylic acids is 4. The van der Waals surface area contributed by atoms with E-state index in [9.17, 15) is 29.1 Å². The maximum atomic E-state index is 11.6. The lowest BCUT2D eigenvalue weighted by Crippen LogP contribution is -2.18. The predicted octanol–water partition coefficient (Wildman–Crippen LogP) is 3.91. The van der Waals surface area contributed by atoms with Crippen molar-refractivity contribution in [3.63, 3.8) is 0 Å². The van der Waals surface area contributed by atoms with Crippen molar-refractivity contribution in [2.45, 2.75) is 13.3 Å². The van der Waals surface area contributed by atoms with Gasteiger partial charge in [-0.1, -0.05) is 0 Å². The Kier molecular flexibility index (Phi) is 10.8. The fourth-order valence-corrected chi connectivity index (χ4v) is 3.86. The number of pyridine rings is 1. The number of methoxy groups -OCH3 is 2. The number of amides is 1. The number of hydrogen-bond acceptors (Lipinski definition) is 9. The molecule has 0 bridgehead atoms. The summed E-state index contributed by atoms with van der Waals surface area (Å²) in [5, 5.41) is 12.6. The number of nitrogens with one attached hydrogen (secondary N) is 2. The van der Waals surface area contributed by atoms with Gasteiger partial charge in [0.25, 0.3) is 5.56 Å². The minimum Gasteiger partial charge on any atom is -0.507 e. The van der Waals surface area contributed by atoms with Crippen molar-refractivity contribution >= 4 is 72.3 Å². The molecule has 0 saturated heterocycles. The van der Waals surface area contributed by atoms with Gasteiger partial charge in [-0.3, -0.25) is 14.4 Å². The van der Waals surface area contributed by atoms with Crippen LogP contribution < -0.4 is 10.9 Å². The van der Waals surface area contributed by atoms with Gasteiger partial charge in [0.1, 0.15) is 12.2 Å². The maximum Gasteiger partial charge on any atom is 0.339 e. The van der Waals surface area contributed by atoms with Crippen LogP contribution >= 0.6 is 31.9 Å². The summed E-state index contributed by atoms with van der Waals surface area (Å²) >= 11 is 6.42. The van der Waals surface area contributed by atoms with Crippen LogP contribution in [0.15, 0.2) is 50.1 Å². The minimum absolute atomic E-state index is 0.138. The largest absolute Gasteiger partial charge is 0.507 e. The van der Waals surface area contributed by atoms with Crippen molar-refractivity contribution < 1.29 is 38.5 Å². The molecule has 1 aromatic heterocycles. The zero-order valence-electron chi connectivity index (χ0n) is 19.8. The standard InChI is InChI=1S/C13H14BrNO5.C11H8BrNO4/c1-3-20-12(17)7-11(16)15-8-4-5-10(14)9(6-8)13(18)19-2;1-17-11(16)5-3-8-6(2-7(5)12)9(14)4-10(15)13-8/h4-6H,3,7H2,1-2H3,(H,15,16);2-4H,1H3,(H2,13,14,15). The number of halogens is 2. The number of H-pyrrole nitrogens is 1. The third-order valence-corrected chi connectivity index (χ3v) is 5.93. The summed E-state index contributed by atoms with van der Waals surface area (Å²) in [5.74, 6) is -2.31. The molecule has 0 aliphatic heterocycles. The van der Waals surface area contributed by atoms with Gasteiger partial charge in [0.2, 0.25) is 5.91 Å². The molecule has 0 fully saturated rings. The Morgan fingerprint density at radius 3 is 2.16 bits per heavy atom. The fourth-order valence-electron chi connectivity index (χ4n) is 2.94. The topological polar surface area (TPSA) is 161 Å². The van der Waals surface area contributed by atoms with E-state index < -0.39 is 29.4 Å². The number of aromatic hydroxyl groups is 1. The van der Waals surface area contributed by atoms with E-state index in [1.54, 1.807) is 25.1 Å². The average molecular weight is 642 g/mol. The first-order chi connectivity index (χ1) is 17.5. The highest BCUT2D eigenvalue weighted by molar-refractivity contribution is 9.10. The molecule has 3 aromatic rings. The number of benzene rings is 2. The molecule has 0 aliphatic carbocycles. The normalized spacial score (nSPS) is 10.1. The Labute approximate surface area is 227 Å². The summed E-state index contributed by atoms with van der Waals surface area (Å²) in [5.41, 5.74) is 0.886. The van der Waals surface area contributed by atoms with Crippen molar-refractivity contribution in [2.24, 2.45) is 0 Å². The van der Waals surface area contributed by atoms with E-state index in [2.05, 4.69) is 56.4 Å². The fraction of sp³-hybridized carbons (Fsp3) is 0.208. The second-order valence-corrected chi connectivity index (χ2v) is 8.81. The molecule has 2 aromatic carbocycles. The smallest absolute Gasteiger partial charge is 0.339 e. The second-order valence-electron chi connectivity index (χ2n) is 7.10. The van der Waals surface area contributed by atoms with E-state index in [0.717, 1.165) is 6.07 Å². The maximum absolute atomic E-state index is 11.6. The van der Waals surface area contributed by atoms with Crippen molar-refractivity contribution in [3.8, 4) is 5.75 Å². The number of aromatic amines is 1. The molecule has 0 atom stereocenters. The van der Waals surface area contributed by atoms with Crippen LogP contribution in [-0.2, 0) is 23.8 Å². The molecule has 0 saturated carbocycles. The predicted molar refractivity (Wildman–Crippen MR) is 141 cm³/mol. The number of rotatable bonds is 6. The van der Waals surface area contributed by atoms with E-state index in [-0.39, 0.29) is 29.9 Å². The molecular formula is C24H22Br2N2O9. The van der Waals surface area contributed by atoms with Gasteiger partial charge in [-0.2, -0.15) is 0 Å². The highest BCUT2D eigenvalue weighted by atomic mass is 79.9. The van der Waals surface area contributed by atoms with Gasteiger partial charge >= 0.3 is 17.9 Å². The highest BCUT2D eigenvalue weighted by Gasteiger charge is 2.15. The van der Waals surface area contributed by atoms with Gasteiger partial charge in [0, 0.05) is 26.1 Å². The van der Waals surface area contributed by atoms with Crippen molar-refractivity contribution in [1.82, 2.24) is 4.98 Å². The lowest BCUT2D eigenvalue weighted by atomic mass is 10.1. The summed E-state index contributed by atoms with van der Waals surface area (Å²) in [7, 11) is 2.53. The van der Waals surface area contributed by atoms with Crippen LogP contribution in [0.3, 0.4) is 0 Å². The van der Waals surface area contributed by atoms with Crippen LogP contribution in [0.1, 0.15) is 34.1 Å². The Bertz CT molecular complexity index is 1400. The van der Waals surface area contributed by atoms with E-state index in [0.29, 0.717) is 25.5 Å². The van der Waals surface area contributed by atoms with Crippen LogP contribution in [0.25, 0.3) is 10.9 Å². The Balaban J connectivity index is 0.000000263. The lowest BCUT2D eigenvalue weighted by Gasteiger charge is -2.08. The van der Waals surface area contributed by atoms with Gasteiger partial charge < -0.3 is 29.6 Å². The quantitative estimate of drug-likeness (QED) is 0.206. The Morgan fingerprint density at radius 1 is 0.946 bits per heavy atom. The SMILES string of the molecule is CCOC(=O)CC(=O)Nc1ccc(Br)c(C(=O)OC)c1.COC(=O)c1cc2[nH]c(=O)cc(O)c2cc1Br. The molecule has 1 heterocycles. The number of ether oxygens (including phenoxy) is 3. The molecule has 3 N–H and O–H groups in total. The molecular weight excluding hydrogens is 620 g/mol. The number of esters is 3. The molecule has 37 heavy (non-hydrogen) atoms. The monoisotopic (exact) mass is 640 g/mol. The van der Waals surface area contributed by atoms with Crippen LogP contribution in [0.2, 0.25) is 0 Å². The van der Waals surface area contributed by atoms with Crippen LogP contribution in [0.4, 0.5) is 5.69 Å². The first-order valence-corrected chi connectivity index (χ1v) is 12.1. The van der Waals surface area contributed by atoms with Gasteiger partial charge in [0.05, 0.1) is 37.5 Å². The summed E-state index contributed by atoms with van der Waals surface area (Å²) in [4.78, 5) is 59.4. The third kappa shape index (κ3) is 8.15. The van der Waals surface area contributed by atoms with Gasteiger partial charge in [-0.05, 0) is 69.1 Å². The van der Waals surface area contributed by atoms with Crippen LogP contribution in [0.5, 0.6) is 5.75 Å². The summed E-state index contributed by atoms with van der Waals surface area (Å²) < 4.78 is 14.9. The number of carbonyl (C=O) groups is 4. The molecule has 13 heteroatoms. The summed E-state index contributed by atoms with van der Waals surface area (Å²) in [6.45, 7) is 1.88. The number of fused-ring (bicyclic) bond motifs is 1. The van der Waals surface area contributed by atoms with Crippen LogP contribution in [0, 0.1) is 0 Å². The molecule has 0 unspecified atom stereocenters. The van der Waals surface area contributed by atoms with E-state index in [1.807, 2.05) is 0 Å². The summed E-state index contributed by atoms with van der Waals surface area (Å²) in [6, 6.07) is 8.73. The van der Waals surface area contributed by atoms with Crippen molar-refractivity contribution in [1.29, 1.82) is 0 Å². The Morgan fingerprint density at radius 2 is 1.57 bits per heavy atom. The molecule has 0 radical (unpaired) electrons. The summed E-state index contributed by atoms with van der Waals surface area (Å²) in [6.07, 6.45) is -0.378. The number of hydrogen-bond donors (Lipinski definition) is 3. The van der Waals surface area contributed by atoms with E-state index in [1.165, 1.54) is 26.4 Å². The molecule has 11 nitrogen and oxygen atoms in total.